The van der Waals surface area contributed by atoms with Crippen LogP contribution in [0.5, 0.6) is 5.75 Å². The molecule has 0 amide bonds. The van der Waals surface area contributed by atoms with Crippen LogP contribution in [-0.2, 0) is 4.79 Å². The lowest BCUT2D eigenvalue weighted by molar-refractivity contribution is -0.134. The molecule has 0 bridgehead atoms. The maximum atomic E-state index is 11.8. The highest BCUT2D eigenvalue weighted by Crippen LogP contribution is 2.15. The van der Waals surface area contributed by atoms with Gasteiger partial charge in [0, 0.05) is 12.0 Å². The monoisotopic (exact) mass is 376 g/mol. The molecule has 27 heavy (non-hydrogen) atoms. The zero-order valence-electron chi connectivity index (χ0n) is 18.0. The minimum Gasteiger partial charge on any atom is -0.427 e. The van der Waals surface area contributed by atoms with Crippen LogP contribution < -0.4 is 4.74 Å². The van der Waals surface area contributed by atoms with Crippen LogP contribution in [0.3, 0.4) is 0 Å². The van der Waals surface area contributed by atoms with Crippen molar-refractivity contribution in [3.8, 4) is 5.75 Å². The largest absolute Gasteiger partial charge is 0.427 e. The highest BCUT2D eigenvalue weighted by Gasteiger charge is 2.06. The van der Waals surface area contributed by atoms with Gasteiger partial charge in [0.1, 0.15) is 5.75 Å². The molecule has 3 nitrogen and oxygen atoms in total. The summed E-state index contributed by atoms with van der Waals surface area (Å²) in [6.07, 6.45) is 14.4. The lowest BCUT2D eigenvalue weighted by atomic mass is 10.1. The summed E-state index contributed by atoms with van der Waals surface area (Å²) >= 11 is 0. The fourth-order valence-corrected chi connectivity index (χ4v) is 2.87. The molecule has 1 aromatic carbocycles. The number of unbranched alkanes of at least 4 members (excludes halogenated alkanes) is 10. The molecule has 0 fully saturated rings. The normalized spacial score (nSPS) is 10.1. The van der Waals surface area contributed by atoms with Crippen LogP contribution in [0.2, 0.25) is 0 Å². The van der Waals surface area contributed by atoms with E-state index in [0.717, 1.165) is 12.8 Å². The summed E-state index contributed by atoms with van der Waals surface area (Å²) in [5.41, 5.74) is 0.630. The molecule has 0 aliphatic heterocycles. The van der Waals surface area contributed by atoms with Gasteiger partial charge in [0.15, 0.2) is 5.78 Å². The SMILES string of the molecule is CC.CCCCCCCCCCCCCC(=O)Oc1ccc(C(C)=O)cc1. The van der Waals surface area contributed by atoms with Crippen molar-refractivity contribution in [3.63, 3.8) is 0 Å². The van der Waals surface area contributed by atoms with Crippen LogP contribution in [0.4, 0.5) is 0 Å². The Balaban J connectivity index is 0.00000326. The minimum absolute atomic E-state index is 0.0128. The number of esters is 1. The van der Waals surface area contributed by atoms with Gasteiger partial charge in [-0.2, -0.15) is 0 Å². The molecule has 0 aliphatic carbocycles. The number of hydrogen-bond donors (Lipinski definition) is 0. The van der Waals surface area contributed by atoms with Crippen molar-refractivity contribution in [1.29, 1.82) is 0 Å². The van der Waals surface area contributed by atoms with Crippen LogP contribution >= 0.6 is 0 Å². The zero-order valence-corrected chi connectivity index (χ0v) is 18.0. The third-order valence-corrected chi connectivity index (χ3v) is 4.48. The molecule has 3 heteroatoms. The topological polar surface area (TPSA) is 43.4 Å². The summed E-state index contributed by atoms with van der Waals surface area (Å²) < 4.78 is 5.29. The van der Waals surface area contributed by atoms with Crippen LogP contribution in [0.1, 0.15) is 115 Å². The van der Waals surface area contributed by atoms with Crippen molar-refractivity contribution in [3.05, 3.63) is 29.8 Å². The van der Waals surface area contributed by atoms with E-state index in [-0.39, 0.29) is 11.8 Å². The molecule has 1 aromatic rings. The number of carbonyl (C=O) groups is 2. The smallest absolute Gasteiger partial charge is 0.311 e. The number of rotatable bonds is 14. The van der Waals surface area contributed by atoms with Crippen molar-refractivity contribution in [1.82, 2.24) is 0 Å². The maximum Gasteiger partial charge on any atom is 0.311 e. The van der Waals surface area contributed by atoms with Gasteiger partial charge >= 0.3 is 5.97 Å². The second-order valence-electron chi connectivity index (χ2n) is 6.84. The Hall–Kier alpha value is -1.64. The van der Waals surface area contributed by atoms with Gasteiger partial charge < -0.3 is 4.74 Å². The zero-order chi connectivity index (χ0) is 20.3. The van der Waals surface area contributed by atoms with Gasteiger partial charge in [0.05, 0.1) is 0 Å². The Morgan fingerprint density at radius 1 is 0.741 bits per heavy atom. The Morgan fingerprint density at radius 3 is 1.63 bits per heavy atom. The molecule has 0 unspecified atom stereocenters. The summed E-state index contributed by atoms with van der Waals surface area (Å²) in [5, 5.41) is 0. The molecule has 0 saturated carbocycles. The standard InChI is InChI=1S/C22H34O3.C2H6/c1-3-4-5-6-7-8-9-10-11-12-13-14-22(24)25-21-17-15-20(16-18-21)19(2)23;1-2/h15-18H,3-14H2,1-2H3;1-2H3. The van der Waals surface area contributed by atoms with Crippen LogP contribution in [-0.4, -0.2) is 11.8 Å². The fourth-order valence-electron chi connectivity index (χ4n) is 2.87. The third-order valence-electron chi connectivity index (χ3n) is 4.48. The molecular formula is C24H40O3. The van der Waals surface area contributed by atoms with Gasteiger partial charge in [-0.3, -0.25) is 9.59 Å². The molecule has 0 heterocycles. The van der Waals surface area contributed by atoms with Gasteiger partial charge in [-0.25, -0.2) is 0 Å². The maximum absolute atomic E-state index is 11.8. The average Bonchev–Trinajstić information content (AvgIpc) is 2.68. The van der Waals surface area contributed by atoms with Crippen molar-refractivity contribution < 1.29 is 14.3 Å². The van der Waals surface area contributed by atoms with Gasteiger partial charge in [-0.15, -0.1) is 0 Å². The first kappa shape index (κ1) is 25.4. The summed E-state index contributed by atoms with van der Waals surface area (Å²) in [4.78, 5) is 23.0. The minimum atomic E-state index is -0.188. The number of ether oxygens (including phenoxy) is 1. The Bertz CT molecular complexity index is 491. The van der Waals surface area contributed by atoms with Crippen molar-refractivity contribution in [2.45, 2.75) is 105 Å². The van der Waals surface area contributed by atoms with E-state index in [1.807, 2.05) is 13.8 Å². The average molecular weight is 377 g/mol. The Labute approximate surface area is 166 Å². The van der Waals surface area contributed by atoms with Crippen LogP contribution in [0.15, 0.2) is 24.3 Å². The van der Waals surface area contributed by atoms with E-state index < -0.39 is 0 Å². The molecule has 0 radical (unpaired) electrons. The van der Waals surface area contributed by atoms with Gasteiger partial charge in [0.25, 0.3) is 0 Å². The predicted molar refractivity (Wildman–Crippen MR) is 115 cm³/mol. The van der Waals surface area contributed by atoms with Crippen molar-refractivity contribution in [2.24, 2.45) is 0 Å². The highest BCUT2D eigenvalue weighted by atomic mass is 16.5. The molecule has 0 N–H and O–H groups in total. The van der Waals surface area contributed by atoms with E-state index in [4.69, 9.17) is 4.74 Å². The van der Waals surface area contributed by atoms with E-state index >= 15 is 0 Å². The predicted octanol–water partition coefficient (Wildman–Crippen LogP) is 7.52. The van der Waals surface area contributed by atoms with E-state index in [0.29, 0.717) is 17.7 Å². The molecule has 0 atom stereocenters. The highest BCUT2D eigenvalue weighted by molar-refractivity contribution is 5.94. The molecular weight excluding hydrogens is 336 g/mol. The Kier molecular flexibility index (Phi) is 16.7. The molecule has 0 aliphatic rings. The summed E-state index contributed by atoms with van der Waals surface area (Å²) in [7, 11) is 0. The molecule has 0 spiro atoms. The van der Waals surface area contributed by atoms with E-state index in [1.54, 1.807) is 24.3 Å². The van der Waals surface area contributed by atoms with E-state index in [1.165, 1.54) is 64.7 Å². The number of benzene rings is 1. The number of ketones is 1. The van der Waals surface area contributed by atoms with E-state index in [9.17, 15) is 9.59 Å². The lowest BCUT2D eigenvalue weighted by Crippen LogP contribution is -2.07. The number of Topliss-reactive ketones (excluding diaryl/α,β-unsaturated/α-hetero) is 1. The van der Waals surface area contributed by atoms with Gasteiger partial charge in [0.2, 0.25) is 0 Å². The van der Waals surface area contributed by atoms with Gasteiger partial charge in [-0.05, 0) is 37.6 Å². The fraction of sp³-hybridized carbons (Fsp3) is 0.667. The first-order valence-corrected chi connectivity index (χ1v) is 10.9. The number of carbonyl (C=O) groups excluding carboxylic acids is 2. The van der Waals surface area contributed by atoms with Crippen molar-refractivity contribution in [2.75, 3.05) is 0 Å². The van der Waals surface area contributed by atoms with Crippen molar-refractivity contribution >= 4 is 11.8 Å². The summed E-state index contributed by atoms with van der Waals surface area (Å²) in [5.74, 6) is 0.336. The Morgan fingerprint density at radius 2 is 1.19 bits per heavy atom. The third kappa shape index (κ3) is 14.1. The van der Waals surface area contributed by atoms with E-state index in [2.05, 4.69) is 6.92 Å². The second kappa shape index (κ2) is 17.8. The molecule has 1 rings (SSSR count). The second-order valence-corrected chi connectivity index (χ2v) is 6.84. The molecule has 0 saturated heterocycles. The first-order chi connectivity index (χ1) is 13.1. The van der Waals surface area contributed by atoms with Crippen LogP contribution in [0, 0.1) is 0 Å². The van der Waals surface area contributed by atoms with Gasteiger partial charge in [-0.1, -0.05) is 85.0 Å². The van der Waals surface area contributed by atoms with Crippen LogP contribution in [0.25, 0.3) is 0 Å². The first-order valence-electron chi connectivity index (χ1n) is 10.9. The molecule has 154 valence electrons. The molecule has 0 aromatic heterocycles. The summed E-state index contributed by atoms with van der Waals surface area (Å²) in [6.45, 7) is 7.77. The summed E-state index contributed by atoms with van der Waals surface area (Å²) in [6, 6.07) is 6.73. The lowest BCUT2D eigenvalue weighted by Gasteiger charge is -2.05. The number of hydrogen-bond acceptors (Lipinski definition) is 3. The quantitative estimate of drug-likeness (QED) is 0.146.